The first kappa shape index (κ1) is 12.8. The Bertz CT molecular complexity index is 423. The summed E-state index contributed by atoms with van der Waals surface area (Å²) >= 11 is 0. The lowest BCUT2D eigenvalue weighted by Crippen LogP contribution is -2.38. The summed E-state index contributed by atoms with van der Waals surface area (Å²) in [5.41, 5.74) is 2.81. The number of likely N-dealkylation sites (tertiary alicyclic amines) is 1. The number of carbonyl (C=O) groups is 1. The number of nitrogen functional groups attached to an aromatic ring is 1. The normalized spacial score (nSPS) is 19.8. The highest BCUT2D eigenvalue weighted by Gasteiger charge is 2.21. The highest BCUT2D eigenvalue weighted by atomic mass is 16.1. The van der Waals surface area contributed by atoms with E-state index in [1.165, 1.54) is 6.42 Å². The molecule has 0 aliphatic carbocycles. The van der Waals surface area contributed by atoms with E-state index < -0.39 is 0 Å². The maximum Gasteiger partial charge on any atom is 0.270 e. The van der Waals surface area contributed by atoms with Crippen LogP contribution in [0.1, 0.15) is 23.3 Å². The molecule has 1 amide bonds. The molecule has 1 aromatic heterocycles. The van der Waals surface area contributed by atoms with Crippen LogP contribution >= 0.6 is 0 Å². The smallest absolute Gasteiger partial charge is 0.270 e. The molecule has 1 unspecified atom stereocenters. The second-order valence-electron chi connectivity index (χ2n) is 4.54. The maximum absolute atomic E-state index is 11.9. The molecule has 2 rings (SSSR count). The van der Waals surface area contributed by atoms with Crippen molar-refractivity contribution in [3.8, 4) is 0 Å². The fourth-order valence-electron chi connectivity index (χ4n) is 2.18. The van der Waals surface area contributed by atoms with E-state index in [1.54, 1.807) is 18.2 Å². The van der Waals surface area contributed by atoms with E-state index in [9.17, 15) is 4.79 Å². The second-order valence-corrected chi connectivity index (χ2v) is 4.54. The zero-order chi connectivity index (χ0) is 13.0. The topological polar surface area (TPSA) is 83.3 Å². The number of aromatic nitrogens is 1. The monoisotopic (exact) mass is 249 g/mol. The van der Waals surface area contributed by atoms with Gasteiger partial charge in [-0.25, -0.2) is 10.8 Å². The Morgan fingerprint density at radius 1 is 1.61 bits per heavy atom. The van der Waals surface area contributed by atoms with Gasteiger partial charge < -0.3 is 15.6 Å². The largest absolute Gasteiger partial charge is 0.349 e. The molecular formula is C12H19N5O. The zero-order valence-electron chi connectivity index (χ0n) is 10.5. The first-order chi connectivity index (χ1) is 8.70. The maximum atomic E-state index is 11.9. The van der Waals surface area contributed by atoms with Crippen LogP contribution in [0.25, 0.3) is 0 Å². The van der Waals surface area contributed by atoms with Crippen LogP contribution in [0.4, 0.5) is 5.82 Å². The average Bonchev–Trinajstić information content (AvgIpc) is 2.81. The van der Waals surface area contributed by atoms with Gasteiger partial charge in [0.25, 0.3) is 5.91 Å². The van der Waals surface area contributed by atoms with Gasteiger partial charge in [0, 0.05) is 12.6 Å². The van der Waals surface area contributed by atoms with Crippen LogP contribution in [-0.2, 0) is 0 Å². The fourth-order valence-corrected chi connectivity index (χ4v) is 2.18. The Morgan fingerprint density at radius 2 is 2.44 bits per heavy atom. The molecule has 1 fully saturated rings. The van der Waals surface area contributed by atoms with Crippen molar-refractivity contribution in [2.75, 3.05) is 25.6 Å². The predicted molar refractivity (Wildman–Crippen MR) is 70.0 cm³/mol. The zero-order valence-corrected chi connectivity index (χ0v) is 10.5. The molecule has 0 bridgehead atoms. The number of hydrazine groups is 1. The predicted octanol–water partition coefficient (Wildman–Crippen LogP) is 0.191. The van der Waals surface area contributed by atoms with Crippen LogP contribution < -0.4 is 16.6 Å². The van der Waals surface area contributed by atoms with Crippen molar-refractivity contribution in [1.82, 2.24) is 15.2 Å². The molecule has 98 valence electrons. The van der Waals surface area contributed by atoms with Gasteiger partial charge in [-0.2, -0.15) is 0 Å². The van der Waals surface area contributed by atoms with Crippen molar-refractivity contribution in [2.45, 2.75) is 18.9 Å². The van der Waals surface area contributed by atoms with Crippen molar-refractivity contribution in [1.29, 1.82) is 0 Å². The number of carbonyl (C=O) groups excluding carboxylic acids is 1. The van der Waals surface area contributed by atoms with Gasteiger partial charge in [0.2, 0.25) is 0 Å². The first-order valence-electron chi connectivity index (χ1n) is 6.13. The molecular weight excluding hydrogens is 230 g/mol. The lowest BCUT2D eigenvalue weighted by Gasteiger charge is -2.19. The van der Waals surface area contributed by atoms with Crippen LogP contribution in [0, 0.1) is 0 Å². The summed E-state index contributed by atoms with van der Waals surface area (Å²) in [6.45, 7) is 1.77. The molecule has 1 aromatic rings. The van der Waals surface area contributed by atoms with Crippen molar-refractivity contribution in [3.05, 3.63) is 23.9 Å². The van der Waals surface area contributed by atoms with Gasteiger partial charge in [0.1, 0.15) is 11.5 Å². The number of hydrogen-bond donors (Lipinski definition) is 3. The van der Waals surface area contributed by atoms with Crippen LogP contribution in [0.2, 0.25) is 0 Å². The minimum Gasteiger partial charge on any atom is -0.349 e. The molecule has 0 aromatic carbocycles. The molecule has 1 saturated heterocycles. The number of pyridine rings is 1. The van der Waals surface area contributed by atoms with Gasteiger partial charge in [0.15, 0.2) is 0 Å². The number of nitrogens with zero attached hydrogens (tertiary/aromatic N) is 2. The molecule has 0 saturated carbocycles. The van der Waals surface area contributed by atoms with E-state index in [0.717, 1.165) is 13.0 Å². The van der Waals surface area contributed by atoms with Gasteiger partial charge in [0.05, 0.1) is 0 Å². The summed E-state index contributed by atoms with van der Waals surface area (Å²) in [7, 11) is 2.08. The van der Waals surface area contributed by atoms with E-state index in [1.807, 2.05) is 0 Å². The van der Waals surface area contributed by atoms with Crippen LogP contribution in [0.3, 0.4) is 0 Å². The van der Waals surface area contributed by atoms with Crippen LogP contribution in [0.5, 0.6) is 0 Å². The number of rotatable bonds is 4. The molecule has 6 heteroatoms. The standard InChI is InChI=1S/C12H19N5O/c1-17-7-3-4-9(17)8-14-12(18)10-5-2-6-11(15-10)16-13/h2,5-6,9H,3-4,7-8,13H2,1H3,(H,14,18)(H,15,16). The third kappa shape index (κ3) is 2.96. The Morgan fingerprint density at radius 3 is 3.11 bits per heavy atom. The summed E-state index contributed by atoms with van der Waals surface area (Å²) in [6, 6.07) is 5.57. The lowest BCUT2D eigenvalue weighted by atomic mass is 10.2. The van der Waals surface area contributed by atoms with E-state index >= 15 is 0 Å². The fraction of sp³-hybridized carbons (Fsp3) is 0.500. The first-order valence-corrected chi connectivity index (χ1v) is 6.13. The summed E-state index contributed by atoms with van der Waals surface area (Å²) < 4.78 is 0. The summed E-state index contributed by atoms with van der Waals surface area (Å²) in [4.78, 5) is 18.3. The molecule has 1 aliphatic heterocycles. The Balaban J connectivity index is 1.90. The van der Waals surface area contributed by atoms with Crippen LogP contribution in [0.15, 0.2) is 18.2 Å². The SMILES string of the molecule is CN1CCCC1CNC(=O)c1cccc(NN)n1. The van der Waals surface area contributed by atoms with E-state index in [2.05, 4.69) is 27.7 Å². The van der Waals surface area contributed by atoms with E-state index in [4.69, 9.17) is 5.84 Å². The van der Waals surface area contributed by atoms with Gasteiger partial charge in [-0.05, 0) is 38.6 Å². The van der Waals surface area contributed by atoms with Crippen molar-refractivity contribution >= 4 is 11.7 Å². The molecule has 1 aliphatic rings. The van der Waals surface area contributed by atoms with Gasteiger partial charge in [-0.15, -0.1) is 0 Å². The van der Waals surface area contributed by atoms with Crippen LogP contribution in [-0.4, -0.2) is 42.0 Å². The number of amides is 1. The third-order valence-electron chi connectivity index (χ3n) is 3.30. The Labute approximate surface area is 107 Å². The highest BCUT2D eigenvalue weighted by Crippen LogP contribution is 2.13. The number of likely N-dealkylation sites (N-methyl/N-ethyl adjacent to an activating group) is 1. The summed E-state index contributed by atoms with van der Waals surface area (Å²) in [5.74, 6) is 5.59. The number of anilines is 1. The minimum absolute atomic E-state index is 0.160. The van der Waals surface area contributed by atoms with Crippen molar-refractivity contribution in [2.24, 2.45) is 5.84 Å². The quantitative estimate of drug-likeness (QED) is 0.524. The van der Waals surface area contributed by atoms with Crippen molar-refractivity contribution < 1.29 is 4.79 Å². The number of hydrogen-bond acceptors (Lipinski definition) is 5. The molecule has 6 nitrogen and oxygen atoms in total. The van der Waals surface area contributed by atoms with Gasteiger partial charge >= 0.3 is 0 Å². The summed E-state index contributed by atoms with van der Waals surface area (Å²) in [5, 5.41) is 2.91. The lowest BCUT2D eigenvalue weighted by molar-refractivity contribution is 0.0939. The number of nitrogens with one attached hydrogen (secondary N) is 2. The molecule has 4 N–H and O–H groups in total. The molecule has 18 heavy (non-hydrogen) atoms. The molecule has 2 heterocycles. The molecule has 1 atom stereocenters. The Kier molecular flexibility index (Phi) is 4.11. The van der Waals surface area contributed by atoms with Gasteiger partial charge in [-0.1, -0.05) is 6.07 Å². The third-order valence-corrected chi connectivity index (χ3v) is 3.30. The Hall–Kier alpha value is -1.66. The number of nitrogens with two attached hydrogens (primary N) is 1. The van der Waals surface area contributed by atoms with Gasteiger partial charge in [-0.3, -0.25) is 4.79 Å². The second kappa shape index (κ2) is 5.79. The average molecular weight is 249 g/mol. The van der Waals surface area contributed by atoms with Crippen molar-refractivity contribution in [3.63, 3.8) is 0 Å². The molecule has 0 radical (unpaired) electrons. The summed E-state index contributed by atoms with van der Waals surface area (Å²) in [6.07, 6.45) is 2.33. The highest BCUT2D eigenvalue weighted by molar-refractivity contribution is 5.92. The van der Waals surface area contributed by atoms with E-state index in [0.29, 0.717) is 24.1 Å². The minimum atomic E-state index is -0.160. The molecule has 0 spiro atoms. The van der Waals surface area contributed by atoms with E-state index in [-0.39, 0.29) is 5.91 Å².